The van der Waals surface area contributed by atoms with E-state index in [4.69, 9.17) is 0 Å². The molecule has 3 heteroatoms. The number of rotatable bonds is 5. The number of hydrogen-bond donors (Lipinski definition) is 1. The van der Waals surface area contributed by atoms with Gasteiger partial charge < -0.3 is 5.32 Å². The van der Waals surface area contributed by atoms with Crippen molar-refractivity contribution in [2.75, 3.05) is 7.05 Å². The molecule has 0 amide bonds. The number of aryl methyl sites for hydroxylation is 2. The van der Waals surface area contributed by atoms with Crippen molar-refractivity contribution in [3.8, 4) is 0 Å². The first-order valence-corrected chi connectivity index (χ1v) is 6.38. The zero-order chi connectivity index (χ0) is 13.0. The molecule has 0 fully saturated rings. The summed E-state index contributed by atoms with van der Waals surface area (Å²) in [6.07, 6.45) is 6.10. The highest BCUT2D eigenvalue weighted by atomic mass is 15.2. The summed E-state index contributed by atoms with van der Waals surface area (Å²) in [7, 11) is 3.98. The molecule has 2 aromatic rings. The highest BCUT2D eigenvalue weighted by molar-refractivity contribution is 5.26. The van der Waals surface area contributed by atoms with E-state index in [0.29, 0.717) is 6.04 Å². The fourth-order valence-corrected chi connectivity index (χ4v) is 2.24. The summed E-state index contributed by atoms with van der Waals surface area (Å²) in [5.74, 6) is 0. The lowest BCUT2D eigenvalue weighted by molar-refractivity contribution is 0.555. The predicted molar refractivity (Wildman–Crippen MR) is 74.6 cm³/mol. The van der Waals surface area contributed by atoms with E-state index in [1.165, 1.54) is 16.7 Å². The molecule has 96 valence electrons. The van der Waals surface area contributed by atoms with E-state index in [9.17, 15) is 0 Å². The zero-order valence-electron chi connectivity index (χ0n) is 11.4. The maximum absolute atomic E-state index is 4.22. The Bertz CT molecular complexity index is 502. The van der Waals surface area contributed by atoms with Crippen LogP contribution in [0.5, 0.6) is 0 Å². The van der Waals surface area contributed by atoms with Gasteiger partial charge in [0.25, 0.3) is 0 Å². The summed E-state index contributed by atoms with van der Waals surface area (Å²) in [5.41, 5.74) is 4.06. The van der Waals surface area contributed by atoms with Gasteiger partial charge in [-0.05, 0) is 43.5 Å². The normalized spacial score (nSPS) is 12.6. The van der Waals surface area contributed by atoms with Gasteiger partial charge in [0.05, 0.1) is 6.20 Å². The summed E-state index contributed by atoms with van der Waals surface area (Å²) in [4.78, 5) is 0. The third-order valence-electron chi connectivity index (χ3n) is 3.38. The second kappa shape index (κ2) is 5.83. The van der Waals surface area contributed by atoms with Crippen LogP contribution in [0.1, 0.15) is 16.7 Å². The van der Waals surface area contributed by atoms with Crippen molar-refractivity contribution in [1.29, 1.82) is 0 Å². The van der Waals surface area contributed by atoms with Crippen molar-refractivity contribution in [2.45, 2.75) is 25.8 Å². The fourth-order valence-electron chi connectivity index (χ4n) is 2.24. The Kier molecular flexibility index (Phi) is 4.15. The maximum Gasteiger partial charge on any atom is 0.0522 e. The van der Waals surface area contributed by atoms with Crippen LogP contribution in [0.25, 0.3) is 0 Å². The minimum atomic E-state index is 0.454. The molecule has 0 spiro atoms. The van der Waals surface area contributed by atoms with Gasteiger partial charge in [0.15, 0.2) is 0 Å². The van der Waals surface area contributed by atoms with E-state index in [2.05, 4.69) is 47.8 Å². The van der Waals surface area contributed by atoms with Crippen molar-refractivity contribution < 1.29 is 0 Å². The van der Waals surface area contributed by atoms with Crippen molar-refractivity contribution in [3.05, 3.63) is 53.3 Å². The lowest BCUT2D eigenvalue weighted by atomic mass is 9.98. The zero-order valence-corrected chi connectivity index (χ0v) is 11.4. The molecule has 0 aliphatic heterocycles. The van der Waals surface area contributed by atoms with Crippen LogP contribution >= 0.6 is 0 Å². The number of nitrogens with one attached hydrogen (secondary N) is 1. The molecule has 2 rings (SSSR count). The summed E-state index contributed by atoms with van der Waals surface area (Å²) >= 11 is 0. The molecular weight excluding hydrogens is 222 g/mol. The van der Waals surface area contributed by atoms with Gasteiger partial charge in [-0.15, -0.1) is 0 Å². The van der Waals surface area contributed by atoms with Gasteiger partial charge in [-0.2, -0.15) is 5.10 Å². The summed E-state index contributed by atoms with van der Waals surface area (Å²) in [6, 6.07) is 9.04. The van der Waals surface area contributed by atoms with E-state index in [-0.39, 0.29) is 0 Å². The van der Waals surface area contributed by atoms with E-state index >= 15 is 0 Å². The second-order valence-corrected chi connectivity index (χ2v) is 4.84. The highest BCUT2D eigenvalue weighted by Gasteiger charge is 2.10. The third kappa shape index (κ3) is 3.20. The molecule has 0 aliphatic carbocycles. The van der Waals surface area contributed by atoms with Crippen molar-refractivity contribution in [3.63, 3.8) is 0 Å². The molecule has 1 heterocycles. The maximum atomic E-state index is 4.22. The van der Waals surface area contributed by atoms with E-state index in [0.717, 1.165) is 12.8 Å². The molecule has 0 saturated carbocycles. The SMILES string of the molecule is CNC(Cc1cnn(C)c1)Cc1ccccc1C. The van der Waals surface area contributed by atoms with Crippen LogP contribution < -0.4 is 5.32 Å². The first-order valence-electron chi connectivity index (χ1n) is 6.38. The molecule has 0 aliphatic rings. The minimum Gasteiger partial charge on any atom is -0.316 e. The average Bonchev–Trinajstić information content (AvgIpc) is 2.76. The van der Waals surface area contributed by atoms with Gasteiger partial charge in [0.2, 0.25) is 0 Å². The average molecular weight is 243 g/mol. The second-order valence-electron chi connectivity index (χ2n) is 4.84. The number of likely N-dealkylation sites (N-methyl/N-ethyl adjacent to an activating group) is 1. The molecule has 1 aromatic heterocycles. The standard InChI is InChI=1S/C15H21N3/c1-12-6-4-5-7-14(12)9-15(16-2)8-13-10-17-18(3)11-13/h4-7,10-11,15-16H,8-9H2,1-3H3. The summed E-state index contributed by atoms with van der Waals surface area (Å²) < 4.78 is 1.86. The van der Waals surface area contributed by atoms with Crippen LogP contribution in [0, 0.1) is 6.92 Å². The molecule has 0 bridgehead atoms. The first kappa shape index (κ1) is 12.8. The van der Waals surface area contributed by atoms with Gasteiger partial charge in [-0.25, -0.2) is 0 Å². The molecule has 0 saturated heterocycles. The largest absolute Gasteiger partial charge is 0.316 e. The third-order valence-corrected chi connectivity index (χ3v) is 3.38. The molecular formula is C15H21N3. The van der Waals surface area contributed by atoms with Crippen LogP contribution in [0.3, 0.4) is 0 Å². The van der Waals surface area contributed by atoms with Crippen LogP contribution in [0.4, 0.5) is 0 Å². The quantitative estimate of drug-likeness (QED) is 0.871. The van der Waals surface area contributed by atoms with Crippen LogP contribution in [-0.2, 0) is 19.9 Å². The number of benzene rings is 1. The number of hydrogen-bond acceptors (Lipinski definition) is 2. The van der Waals surface area contributed by atoms with Gasteiger partial charge in [-0.1, -0.05) is 24.3 Å². The van der Waals surface area contributed by atoms with Crippen LogP contribution in [0.15, 0.2) is 36.7 Å². The van der Waals surface area contributed by atoms with Crippen molar-refractivity contribution >= 4 is 0 Å². The Hall–Kier alpha value is -1.61. The lowest BCUT2D eigenvalue weighted by Crippen LogP contribution is -2.30. The highest BCUT2D eigenvalue weighted by Crippen LogP contribution is 2.12. The van der Waals surface area contributed by atoms with Gasteiger partial charge in [0, 0.05) is 19.3 Å². The van der Waals surface area contributed by atoms with Crippen molar-refractivity contribution in [2.24, 2.45) is 7.05 Å². The monoisotopic (exact) mass is 243 g/mol. The van der Waals surface area contributed by atoms with Crippen molar-refractivity contribution in [1.82, 2.24) is 15.1 Å². The van der Waals surface area contributed by atoms with E-state index in [1.54, 1.807) is 0 Å². The van der Waals surface area contributed by atoms with Gasteiger partial charge >= 0.3 is 0 Å². The van der Waals surface area contributed by atoms with E-state index in [1.807, 2.05) is 25.0 Å². The number of nitrogens with zero attached hydrogens (tertiary/aromatic N) is 2. The fraction of sp³-hybridized carbons (Fsp3) is 0.400. The Morgan fingerprint density at radius 2 is 2.06 bits per heavy atom. The summed E-state index contributed by atoms with van der Waals surface area (Å²) in [6.45, 7) is 2.17. The predicted octanol–water partition coefficient (Wildman–Crippen LogP) is 2.10. The van der Waals surface area contributed by atoms with Crippen LogP contribution in [-0.4, -0.2) is 22.9 Å². The van der Waals surface area contributed by atoms with Gasteiger partial charge in [-0.3, -0.25) is 4.68 Å². The number of aromatic nitrogens is 2. The Morgan fingerprint density at radius 1 is 1.28 bits per heavy atom. The molecule has 0 radical (unpaired) electrons. The molecule has 1 aromatic carbocycles. The lowest BCUT2D eigenvalue weighted by Gasteiger charge is -2.16. The first-order chi connectivity index (χ1) is 8.69. The van der Waals surface area contributed by atoms with E-state index < -0.39 is 0 Å². The van der Waals surface area contributed by atoms with Crippen LogP contribution in [0.2, 0.25) is 0 Å². The topological polar surface area (TPSA) is 29.9 Å². The summed E-state index contributed by atoms with van der Waals surface area (Å²) in [5, 5.41) is 7.62. The minimum absolute atomic E-state index is 0.454. The molecule has 1 atom stereocenters. The smallest absolute Gasteiger partial charge is 0.0522 e. The Labute approximate surface area is 109 Å². The molecule has 18 heavy (non-hydrogen) atoms. The Balaban J connectivity index is 2.04. The van der Waals surface area contributed by atoms with Gasteiger partial charge in [0.1, 0.15) is 0 Å². The molecule has 1 unspecified atom stereocenters. The Morgan fingerprint density at radius 3 is 2.67 bits per heavy atom. The molecule has 3 nitrogen and oxygen atoms in total. The molecule has 1 N–H and O–H groups in total.